The van der Waals surface area contributed by atoms with E-state index in [1.807, 2.05) is 31.2 Å². The van der Waals surface area contributed by atoms with Crippen molar-refractivity contribution in [2.24, 2.45) is 0 Å². The third kappa shape index (κ3) is 4.20. The summed E-state index contributed by atoms with van der Waals surface area (Å²) in [6.45, 7) is 1.97. The van der Waals surface area contributed by atoms with Crippen LogP contribution < -0.4 is 4.74 Å². The van der Waals surface area contributed by atoms with Crippen molar-refractivity contribution >= 4 is 28.6 Å². The highest BCUT2D eigenvalue weighted by atomic mass is 32.2. The van der Waals surface area contributed by atoms with E-state index >= 15 is 0 Å². The molecule has 1 saturated carbocycles. The number of carbonyl (C=O) groups excluding carboxylic acids is 1. The first-order chi connectivity index (χ1) is 11.7. The lowest BCUT2D eigenvalue weighted by Crippen LogP contribution is -2.21. The molecule has 0 bridgehead atoms. The van der Waals surface area contributed by atoms with Gasteiger partial charge in [0.15, 0.2) is 0 Å². The molecule has 0 aliphatic heterocycles. The van der Waals surface area contributed by atoms with Crippen LogP contribution in [0, 0.1) is 6.92 Å². The van der Waals surface area contributed by atoms with E-state index in [1.165, 1.54) is 31.0 Å². The Kier molecular flexibility index (Phi) is 5.61. The third-order valence-corrected chi connectivity index (χ3v) is 5.33. The zero-order chi connectivity index (χ0) is 16.9. The molecule has 128 valence electrons. The number of fused-ring (bicyclic) bond motifs is 1. The predicted molar refractivity (Wildman–Crippen MR) is 96.7 cm³/mol. The molecular weight excluding hydrogens is 322 g/mol. The summed E-state index contributed by atoms with van der Waals surface area (Å²) in [5.74, 6) is 0.990. The molecule has 3 rings (SSSR count). The van der Waals surface area contributed by atoms with E-state index in [0.29, 0.717) is 5.75 Å². The normalized spacial score (nSPS) is 15.4. The Hall–Kier alpha value is -1.75. The number of ether oxygens (including phenoxy) is 2. The van der Waals surface area contributed by atoms with Crippen molar-refractivity contribution in [1.29, 1.82) is 0 Å². The first-order valence-corrected chi connectivity index (χ1v) is 9.42. The number of methoxy groups -OCH3 is 1. The summed E-state index contributed by atoms with van der Waals surface area (Å²) >= 11 is 1.51. The second-order valence-electron chi connectivity index (χ2n) is 6.18. The maximum Gasteiger partial charge on any atom is 0.316 e. The van der Waals surface area contributed by atoms with Crippen LogP contribution in [-0.4, -0.2) is 29.9 Å². The average Bonchev–Trinajstić information content (AvgIpc) is 2.60. The topological polar surface area (TPSA) is 48.4 Å². The number of aromatic nitrogens is 1. The largest absolute Gasteiger partial charge is 0.497 e. The molecule has 0 spiro atoms. The van der Waals surface area contributed by atoms with Gasteiger partial charge in [0.2, 0.25) is 0 Å². The summed E-state index contributed by atoms with van der Waals surface area (Å²) in [6.07, 6.45) is 5.71. The molecule has 1 fully saturated rings. The molecule has 2 aromatic rings. The van der Waals surface area contributed by atoms with Gasteiger partial charge in [0.05, 0.1) is 18.4 Å². The molecule has 1 aliphatic rings. The van der Waals surface area contributed by atoms with Crippen molar-refractivity contribution in [2.45, 2.75) is 50.0 Å². The number of nitrogens with zero attached hydrogens (tertiary/aromatic N) is 1. The van der Waals surface area contributed by atoms with E-state index in [-0.39, 0.29) is 12.1 Å². The lowest BCUT2D eigenvalue weighted by molar-refractivity contribution is -0.147. The first-order valence-electron chi connectivity index (χ1n) is 8.43. The van der Waals surface area contributed by atoms with Crippen molar-refractivity contribution in [3.8, 4) is 5.75 Å². The van der Waals surface area contributed by atoms with Crippen molar-refractivity contribution in [2.75, 3.05) is 12.9 Å². The SMILES string of the molecule is COc1ccc2nc(C)cc(SCC(=O)OC3CCCCC3)c2c1. The van der Waals surface area contributed by atoms with E-state index < -0.39 is 0 Å². The Morgan fingerprint density at radius 2 is 2.04 bits per heavy atom. The smallest absolute Gasteiger partial charge is 0.316 e. The summed E-state index contributed by atoms with van der Waals surface area (Å²) in [6, 6.07) is 7.84. The molecule has 1 aliphatic carbocycles. The number of aryl methyl sites for hydroxylation is 1. The van der Waals surface area contributed by atoms with Crippen molar-refractivity contribution in [3.05, 3.63) is 30.0 Å². The lowest BCUT2D eigenvalue weighted by Gasteiger charge is -2.21. The second-order valence-corrected chi connectivity index (χ2v) is 7.20. The number of esters is 1. The Morgan fingerprint density at radius 3 is 2.79 bits per heavy atom. The van der Waals surface area contributed by atoms with Crippen LogP contribution in [0.5, 0.6) is 5.75 Å². The standard InChI is InChI=1S/C19H23NO3S/c1-13-10-18(16-11-15(22-2)8-9-17(16)20-13)24-12-19(21)23-14-6-4-3-5-7-14/h8-11,14H,3-7,12H2,1-2H3. The first kappa shape index (κ1) is 17.1. The minimum atomic E-state index is -0.127. The van der Waals surface area contributed by atoms with E-state index in [0.717, 1.165) is 40.1 Å². The fourth-order valence-electron chi connectivity index (χ4n) is 3.09. The van der Waals surface area contributed by atoms with Gasteiger partial charge in [-0.25, -0.2) is 0 Å². The highest BCUT2D eigenvalue weighted by molar-refractivity contribution is 8.00. The molecule has 1 heterocycles. The van der Waals surface area contributed by atoms with Gasteiger partial charge in [-0.3, -0.25) is 9.78 Å². The minimum absolute atomic E-state index is 0.114. The number of thioether (sulfide) groups is 1. The molecule has 4 nitrogen and oxygen atoms in total. The Balaban J connectivity index is 1.70. The van der Waals surface area contributed by atoms with Gasteiger partial charge < -0.3 is 9.47 Å². The molecule has 0 radical (unpaired) electrons. The van der Waals surface area contributed by atoms with Gasteiger partial charge in [0, 0.05) is 16.0 Å². The highest BCUT2D eigenvalue weighted by Crippen LogP contribution is 2.31. The monoisotopic (exact) mass is 345 g/mol. The van der Waals surface area contributed by atoms with Gasteiger partial charge in [0.1, 0.15) is 11.9 Å². The second kappa shape index (κ2) is 7.88. The molecule has 0 amide bonds. The molecule has 0 atom stereocenters. The summed E-state index contributed by atoms with van der Waals surface area (Å²) in [7, 11) is 1.65. The van der Waals surface area contributed by atoms with E-state index in [1.54, 1.807) is 7.11 Å². The van der Waals surface area contributed by atoms with Crippen LogP contribution >= 0.6 is 11.8 Å². The highest BCUT2D eigenvalue weighted by Gasteiger charge is 2.18. The fraction of sp³-hybridized carbons (Fsp3) is 0.474. The van der Waals surface area contributed by atoms with Gasteiger partial charge in [-0.2, -0.15) is 0 Å². The summed E-state index contributed by atoms with van der Waals surface area (Å²) in [5.41, 5.74) is 1.86. The number of pyridine rings is 1. The number of benzene rings is 1. The summed E-state index contributed by atoms with van der Waals surface area (Å²) in [4.78, 5) is 17.7. The van der Waals surface area contributed by atoms with Crippen LogP contribution in [0.2, 0.25) is 0 Å². The molecule has 0 saturated heterocycles. The molecule has 0 N–H and O–H groups in total. The molecule has 1 aromatic carbocycles. The average molecular weight is 345 g/mol. The third-order valence-electron chi connectivity index (χ3n) is 4.30. The van der Waals surface area contributed by atoms with Gasteiger partial charge in [-0.15, -0.1) is 11.8 Å². The number of rotatable bonds is 5. The van der Waals surface area contributed by atoms with E-state index in [2.05, 4.69) is 4.98 Å². The minimum Gasteiger partial charge on any atom is -0.497 e. The van der Waals surface area contributed by atoms with Gasteiger partial charge in [0.25, 0.3) is 0 Å². The van der Waals surface area contributed by atoms with Crippen LogP contribution in [-0.2, 0) is 9.53 Å². The van der Waals surface area contributed by atoms with Crippen LogP contribution in [0.1, 0.15) is 37.8 Å². The number of carbonyl (C=O) groups is 1. The van der Waals surface area contributed by atoms with Gasteiger partial charge >= 0.3 is 5.97 Å². The Morgan fingerprint density at radius 1 is 1.25 bits per heavy atom. The quantitative estimate of drug-likeness (QED) is 0.589. The maximum absolute atomic E-state index is 12.1. The molecule has 0 unspecified atom stereocenters. The summed E-state index contributed by atoms with van der Waals surface area (Å²) in [5, 5.41) is 1.01. The lowest BCUT2D eigenvalue weighted by atomic mass is 9.98. The molecule has 24 heavy (non-hydrogen) atoms. The van der Waals surface area contributed by atoms with Gasteiger partial charge in [-0.1, -0.05) is 6.42 Å². The summed E-state index contributed by atoms with van der Waals surface area (Å²) < 4.78 is 10.9. The Bertz CT molecular complexity index is 726. The van der Waals surface area contributed by atoms with Crippen LogP contribution in [0.25, 0.3) is 10.9 Å². The van der Waals surface area contributed by atoms with E-state index in [4.69, 9.17) is 9.47 Å². The predicted octanol–water partition coefficient (Wildman–Crippen LogP) is 4.52. The maximum atomic E-state index is 12.1. The van der Waals surface area contributed by atoms with Crippen LogP contribution in [0.15, 0.2) is 29.2 Å². The van der Waals surface area contributed by atoms with Crippen molar-refractivity contribution in [3.63, 3.8) is 0 Å². The molecular formula is C19H23NO3S. The molecule has 1 aromatic heterocycles. The number of hydrogen-bond donors (Lipinski definition) is 0. The zero-order valence-corrected chi connectivity index (χ0v) is 15.0. The zero-order valence-electron chi connectivity index (χ0n) is 14.2. The van der Waals surface area contributed by atoms with Crippen molar-refractivity contribution in [1.82, 2.24) is 4.98 Å². The number of hydrogen-bond acceptors (Lipinski definition) is 5. The van der Waals surface area contributed by atoms with E-state index in [9.17, 15) is 4.79 Å². The van der Waals surface area contributed by atoms with Gasteiger partial charge in [-0.05, 0) is 56.9 Å². The fourth-order valence-corrected chi connectivity index (χ4v) is 4.00. The Labute approximate surface area is 146 Å². The van der Waals surface area contributed by atoms with Crippen molar-refractivity contribution < 1.29 is 14.3 Å². The molecule has 5 heteroatoms. The van der Waals surface area contributed by atoms with Crippen LogP contribution in [0.3, 0.4) is 0 Å². The van der Waals surface area contributed by atoms with Crippen LogP contribution in [0.4, 0.5) is 0 Å².